The summed E-state index contributed by atoms with van der Waals surface area (Å²) in [5.74, 6) is 0. The van der Waals surface area contributed by atoms with E-state index in [0.717, 1.165) is 5.01 Å². The SMILES string of the molecule is C=Cc1nccs1.c1ccc(C2(c3ccccc3)Sc3ccc2cc3)cc1. The number of hydrogen-bond acceptors (Lipinski definition) is 3. The van der Waals surface area contributed by atoms with Gasteiger partial charge < -0.3 is 0 Å². The first kappa shape index (κ1) is 17.8. The molecule has 132 valence electrons. The average Bonchev–Trinajstić information content (AvgIpc) is 3.30. The maximum atomic E-state index is 3.94. The predicted octanol–water partition coefficient (Wildman–Crippen LogP) is 6.87. The van der Waals surface area contributed by atoms with Crippen molar-refractivity contribution in [1.29, 1.82) is 0 Å². The van der Waals surface area contributed by atoms with E-state index >= 15 is 0 Å². The number of hydrogen-bond donors (Lipinski definition) is 0. The molecule has 1 nitrogen and oxygen atoms in total. The minimum absolute atomic E-state index is 0.0959. The summed E-state index contributed by atoms with van der Waals surface area (Å²) in [6.45, 7) is 3.55. The standard InChI is InChI=1S/C19H14S.C5H5NS/c1-3-7-15(8-4-1)19(16-9-5-2-6-10-16)17-11-13-18(20-19)14-12-17;1-2-5-6-3-4-7-5/h1-14H;2-4H,1H2. The molecule has 0 radical (unpaired) electrons. The van der Waals surface area contributed by atoms with E-state index in [1.54, 1.807) is 23.6 Å². The molecule has 2 aliphatic rings. The summed E-state index contributed by atoms with van der Waals surface area (Å²) < 4.78 is -0.0959. The molecular formula is C24H19NS2. The largest absolute Gasteiger partial charge is 0.245 e. The minimum atomic E-state index is -0.0959. The smallest absolute Gasteiger partial charge is 0.115 e. The van der Waals surface area contributed by atoms with Crippen molar-refractivity contribution in [2.24, 2.45) is 0 Å². The van der Waals surface area contributed by atoms with Crippen molar-refractivity contribution in [3.63, 3.8) is 0 Å². The molecule has 2 bridgehead atoms. The molecule has 0 N–H and O–H groups in total. The number of thioether (sulfide) groups is 1. The summed E-state index contributed by atoms with van der Waals surface area (Å²) in [4.78, 5) is 5.26. The van der Waals surface area contributed by atoms with Crippen LogP contribution in [0.4, 0.5) is 0 Å². The molecule has 3 heterocycles. The van der Waals surface area contributed by atoms with Crippen LogP contribution < -0.4 is 0 Å². The van der Waals surface area contributed by atoms with E-state index in [1.165, 1.54) is 21.6 Å². The Kier molecular flexibility index (Phi) is 5.23. The highest BCUT2D eigenvalue weighted by Crippen LogP contribution is 2.54. The van der Waals surface area contributed by atoms with Gasteiger partial charge in [-0.25, -0.2) is 4.98 Å². The number of benzene rings is 3. The zero-order chi connectivity index (χ0) is 18.5. The van der Waals surface area contributed by atoms with Crippen LogP contribution >= 0.6 is 23.1 Å². The van der Waals surface area contributed by atoms with Crippen LogP contribution in [0.25, 0.3) is 6.08 Å². The van der Waals surface area contributed by atoms with E-state index in [1.807, 2.05) is 17.1 Å². The third-order valence-corrected chi connectivity index (χ3v) is 6.81. The summed E-state index contributed by atoms with van der Waals surface area (Å²) in [5.41, 5.74) is 4.05. The first-order valence-corrected chi connectivity index (χ1v) is 10.4. The fourth-order valence-corrected chi connectivity index (χ4v) is 5.16. The number of aromatic nitrogens is 1. The van der Waals surface area contributed by atoms with Crippen molar-refractivity contribution in [3.05, 3.63) is 125 Å². The molecule has 0 unspecified atom stereocenters. The first-order valence-electron chi connectivity index (χ1n) is 8.75. The lowest BCUT2D eigenvalue weighted by Crippen LogP contribution is -2.27. The molecule has 4 aromatic rings. The highest BCUT2D eigenvalue weighted by Gasteiger charge is 2.39. The first-order chi connectivity index (χ1) is 13.3. The van der Waals surface area contributed by atoms with Crippen LogP contribution in [-0.2, 0) is 4.75 Å². The van der Waals surface area contributed by atoms with Gasteiger partial charge in [0, 0.05) is 16.5 Å². The zero-order valence-electron chi connectivity index (χ0n) is 14.8. The summed E-state index contributed by atoms with van der Waals surface area (Å²) >= 11 is 3.53. The van der Waals surface area contributed by atoms with Gasteiger partial charge in [0.2, 0.25) is 0 Å². The van der Waals surface area contributed by atoms with E-state index in [2.05, 4.69) is 96.5 Å². The van der Waals surface area contributed by atoms with Gasteiger partial charge in [-0.05, 0) is 34.9 Å². The van der Waals surface area contributed by atoms with Crippen molar-refractivity contribution in [2.45, 2.75) is 9.64 Å². The molecule has 0 atom stereocenters. The molecule has 0 aliphatic carbocycles. The molecule has 1 aromatic heterocycles. The van der Waals surface area contributed by atoms with Gasteiger partial charge in [0.1, 0.15) is 5.01 Å². The molecule has 0 spiro atoms. The summed E-state index contributed by atoms with van der Waals surface area (Å²) in [5, 5.41) is 2.91. The fourth-order valence-electron chi connectivity index (χ4n) is 3.29. The van der Waals surface area contributed by atoms with E-state index in [9.17, 15) is 0 Å². The number of rotatable bonds is 3. The van der Waals surface area contributed by atoms with Gasteiger partial charge in [-0.3, -0.25) is 0 Å². The van der Waals surface area contributed by atoms with E-state index in [-0.39, 0.29) is 4.75 Å². The lowest BCUT2D eigenvalue weighted by atomic mass is 9.83. The van der Waals surface area contributed by atoms with Crippen LogP contribution in [-0.4, -0.2) is 4.98 Å². The molecule has 27 heavy (non-hydrogen) atoms. The number of fused-ring (bicyclic) bond motifs is 3. The van der Waals surface area contributed by atoms with Crippen LogP contribution in [0.1, 0.15) is 21.7 Å². The Morgan fingerprint density at radius 2 is 1.30 bits per heavy atom. The second-order valence-electron chi connectivity index (χ2n) is 6.11. The van der Waals surface area contributed by atoms with Crippen molar-refractivity contribution >= 4 is 29.2 Å². The Morgan fingerprint density at radius 1 is 0.741 bits per heavy atom. The van der Waals surface area contributed by atoms with Gasteiger partial charge in [0.15, 0.2) is 0 Å². The lowest BCUT2D eigenvalue weighted by Gasteiger charge is -2.38. The molecule has 2 aliphatic heterocycles. The van der Waals surface area contributed by atoms with Gasteiger partial charge in [0.25, 0.3) is 0 Å². The summed E-state index contributed by atoms with van der Waals surface area (Å²) in [6, 6.07) is 30.5. The minimum Gasteiger partial charge on any atom is -0.245 e. The Labute approximate surface area is 168 Å². The molecule has 0 saturated carbocycles. The highest BCUT2D eigenvalue weighted by atomic mass is 32.2. The van der Waals surface area contributed by atoms with Gasteiger partial charge in [-0.1, -0.05) is 79.4 Å². The van der Waals surface area contributed by atoms with Crippen LogP contribution in [0.3, 0.4) is 0 Å². The maximum Gasteiger partial charge on any atom is 0.115 e. The van der Waals surface area contributed by atoms with Gasteiger partial charge in [-0.2, -0.15) is 0 Å². The Bertz CT molecular complexity index is 952. The number of nitrogens with zero attached hydrogens (tertiary/aromatic N) is 1. The van der Waals surface area contributed by atoms with E-state index < -0.39 is 0 Å². The fraction of sp³-hybridized carbons (Fsp3) is 0.0417. The van der Waals surface area contributed by atoms with Gasteiger partial charge in [0.05, 0.1) is 4.75 Å². The third kappa shape index (κ3) is 3.48. The predicted molar refractivity (Wildman–Crippen MR) is 117 cm³/mol. The topological polar surface area (TPSA) is 12.9 Å². The molecular weight excluding hydrogens is 366 g/mol. The molecule has 0 saturated heterocycles. The van der Waals surface area contributed by atoms with Crippen LogP contribution in [0.15, 0.2) is 108 Å². The molecule has 3 aromatic carbocycles. The van der Waals surface area contributed by atoms with Crippen molar-refractivity contribution < 1.29 is 0 Å². The molecule has 0 fully saturated rings. The van der Waals surface area contributed by atoms with Crippen LogP contribution in [0, 0.1) is 0 Å². The Hall–Kier alpha value is -2.62. The van der Waals surface area contributed by atoms with E-state index in [4.69, 9.17) is 0 Å². The lowest BCUT2D eigenvalue weighted by molar-refractivity contribution is 0.878. The quantitative estimate of drug-likeness (QED) is 0.382. The monoisotopic (exact) mass is 385 g/mol. The third-order valence-electron chi connectivity index (χ3n) is 4.52. The van der Waals surface area contributed by atoms with Crippen LogP contribution in [0.2, 0.25) is 0 Å². The highest BCUT2D eigenvalue weighted by molar-refractivity contribution is 8.00. The summed E-state index contributed by atoms with van der Waals surface area (Å²) in [7, 11) is 0. The van der Waals surface area contributed by atoms with E-state index in [0.29, 0.717) is 0 Å². The average molecular weight is 386 g/mol. The zero-order valence-corrected chi connectivity index (χ0v) is 16.4. The normalized spacial score (nSPS) is 13.5. The van der Waals surface area contributed by atoms with Crippen molar-refractivity contribution in [1.82, 2.24) is 4.98 Å². The Morgan fingerprint density at radius 3 is 1.67 bits per heavy atom. The second kappa shape index (κ2) is 7.95. The van der Waals surface area contributed by atoms with Crippen molar-refractivity contribution in [2.75, 3.05) is 0 Å². The van der Waals surface area contributed by atoms with Gasteiger partial charge >= 0.3 is 0 Å². The summed E-state index contributed by atoms with van der Waals surface area (Å²) in [6.07, 6.45) is 3.51. The molecule has 6 rings (SSSR count). The van der Waals surface area contributed by atoms with Gasteiger partial charge in [-0.15, -0.1) is 23.1 Å². The Balaban J connectivity index is 0.000000218. The second-order valence-corrected chi connectivity index (χ2v) is 8.33. The molecule has 3 heteroatoms. The maximum absolute atomic E-state index is 3.94. The van der Waals surface area contributed by atoms with Crippen LogP contribution in [0.5, 0.6) is 0 Å². The van der Waals surface area contributed by atoms with Crippen molar-refractivity contribution in [3.8, 4) is 0 Å². The number of thiazole rings is 1. The molecule has 0 amide bonds.